The summed E-state index contributed by atoms with van der Waals surface area (Å²) in [5, 5.41) is 0. The zero-order valence-corrected chi connectivity index (χ0v) is 11.7. The van der Waals surface area contributed by atoms with Gasteiger partial charge in [0.25, 0.3) is 0 Å². The first-order valence-corrected chi connectivity index (χ1v) is 7.00. The molecule has 1 aromatic rings. The standard InChI is InChI=1S/C15H20FNO3/c1-2-19-15(18)13-7-5-9-17(13)10-11-20-14-8-4-3-6-12(14)16/h3-4,6,8,13H,2,5,7,9-11H2,1H3. The van der Waals surface area contributed by atoms with Gasteiger partial charge in [0.15, 0.2) is 11.6 Å². The minimum atomic E-state index is -0.365. The molecule has 0 aromatic heterocycles. The van der Waals surface area contributed by atoms with E-state index in [2.05, 4.69) is 0 Å². The van der Waals surface area contributed by atoms with Crippen molar-refractivity contribution in [1.29, 1.82) is 0 Å². The van der Waals surface area contributed by atoms with Gasteiger partial charge in [-0.3, -0.25) is 9.69 Å². The van der Waals surface area contributed by atoms with Crippen LogP contribution < -0.4 is 4.74 Å². The first-order valence-electron chi connectivity index (χ1n) is 7.00. The molecule has 0 radical (unpaired) electrons. The largest absolute Gasteiger partial charge is 0.489 e. The van der Waals surface area contributed by atoms with Crippen molar-refractivity contribution in [2.75, 3.05) is 26.3 Å². The normalized spacial score (nSPS) is 19.0. The van der Waals surface area contributed by atoms with E-state index in [1.807, 2.05) is 4.90 Å². The lowest BCUT2D eigenvalue weighted by Gasteiger charge is -2.22. The predicted octanol–water partition coefficient (Wildman–Crippen LogP) is 2.23. The summed E-state index contributed by atoms with van der Waals surface area (Å²) < 4.78 is 23.9. The Hall–Kier alpha value is -1.62. The molecule has 1 unspecified atom stereocenters. The van der Waals surface area contributed by atoms with E-state index in [1.54, 1.807) is 25.1 Å². The Morgan fingerprint density at radius 1 is 1.45 bits per heavy atom. The quantitative estimate of drug-likeness (QED) is 0.750. The Bertz CT molecular complexity index is 452. The number of likely N-dealkylation sites (tertiary alicyclic amines) is 1. The number of carbonyl (C=O) groups is 1. The molecule has 0 saturated carbocycles. The average molecular weight is 281 g/mol. The second kappa shape index (κ2) is 7.24. The van der Waals surface area contributed by atoms with Gasteiger partial charge in [-0.05, 0) is 38.4 Å². The molecule has 4 nitrogen and oxygen atoms in total. The van der Waals surface area contributed by atoms with E-state index in [0.717, 1.165) is 19.4 Å². The van der Waals surface area contributed by atoms with Gasteiger partial charge < -0.3 is 9.47 Å². The zero-order chi connectivity index (χ0) is 14.4. The number of halogens is 1. The first-order chi connectivity index (χ1) is 9.72. The highest BCUT2D eigenvalue weighted by atomic mass is 19.1. The fourth-order valence-corrected chi connectivity index (χ4v) is 2.43. The lowest BCUT2D eigenvalue weighted by atomic mass is 10.2. The molecule has 0 spiro atoms. The minimum Gasteiger partial charge on any atom is -0.489 e. The van der Waals surface area contributed by atoms with Gasteiger partial charge in [-0.15, -0.1) is 0 Å². The third kappa shape index (κ3) is 3.70. The summed E-state index contributed by atoms with van der Waals surface area (Å²) in [7, 11) is 0. The van der Waals surface area contributed by atoms with Crippen LogP contribution in [-0.2, 0) is 9.53 Å². The van der Waals surface area contributed by atoms with Gasteiger partial charge in [0.2, 0.25) is 0 Å². The molecule has 0 N–H and O–H groups in total. The maximum atomic E-state index is 13.4. The van der Waals surface area contributed by atoms with Crippen molar-refractivity contribution >= 4 is 5.97 Å². The molecule has 1 aliphatic heterocycles. The van der Waals surface area contributed by atoms with Crippen molar-refractivity contribution in [3.05, 3.63) is 30.1 Å². The number of para-hydroxylation sites is 1. The van der Waals surface area contributed by atoms with Gasteiger partial charge in [-0.2, -0.15) is 0 Å². The summed E-state index contributed by atoms with van der Waals surface area (Å²) in [6.45, 7) is 4.01. The van der Waals surface area contributed by atoms with Crippen LogP contribution in [0.1, 0.15) is 19.8 Å². The van der Waals surface area contributed by atoms with E-state index < -0.39 is 0 Å². The van der Waals surface area contributed by atoms with Crippen molar-refractivity contribution in [1.82, 2.24) is 4.90 Å². The molecule has 5 heteroatoms. The zero-order valence-electron chi connectivity index (χ0n) is 11.7. The predicted molar refractivity (Wildman–Crippen MR) is 73.1 cm³/mol. The number of esters is 1. The molecule has 110 valence electrons. The monoisotopic (exact) mass is 281 g/mol. The Morgan fingerprint density at radius 3 is 3.00 bits per heavy atom. The highest BCUT2D eigenvalue weighted by molar-refractivity contribution is 5.76. The maximum Gasteiger partial charge on any atom is 0.323 e. The molecule has 20 heavy (non-hydrogen) atoms. The average Bonchev–Trinajstić information content (AvgIpc) is 2.90. The van der Waals surface area contributed by atoms with Crippen LogP contribution in [-0.4, -0.2) is 43.2 Å². The van der Waals surface area contributed by atoms with Crippen LogP contribution >= 0.6 is 0 Å². The van der Waals surface area contributed by atoms with Gasteiger partial charge in [-0.1, -0.05) is 12.1 Å². The van der Waals surface area contributed by atoms with Gasteiger partial charge in [0.1, 0.15) is 12.6 Å². The molecular formula is C15H20FNO3. The second-order valence-electron chi connectivity index (χ2n) is 4.72. The van der Waals surface area contributed by atoms with E-state index in [0.29, 0.717) is 19.8 Å². The van der Waals surface area contributed by atoms with Crippen molar-refractivity contribution in [2.24, 2.45) is 0 Å². The minimum absolute atomic E-state index is 0.170. The first kappa shape index (κ1) is 14.8. The summed E-state index contributed by atoms with van der Waals surface area (Å²) in [6.07, 6.45) is 1.79. The third-order valence-electron chi connectivity index (χ3n) is 3.40. The number of benzene rings is 1. The molecule has 1 atom stereocenters. The van der Waals surface area contributed by atoms with Gasteiger partial charge in [0, 0.05) is 6.54 Å². The Labute approximate surface area is 118 Å². The number of nitrogens with zero attached hydrogens (tertiary/aromatic N) is 1. The topological polar surface area (TPSA) is 38.8 Å². The van der Waals surface area contributed by atoms with Crippen LogP contribution in [0.25, 0.3) is 0 Å². The Balaban J connectivity index is 1.81. The van der Waals surface area contributed by atoms with Crippen LogP contribution in [0.15, 0.2) is 24.3 Å². The highest BCUT2D eigenvalue weighted by Gasteiger charge is 2.31. The molecule has 0 bridgehead atoms. The summed E-state index contributed by atoms with van der Waals surface area (Å²) in [4.78, 5) is 13.8. The number of carbonyl (C=O) groups excluding carboxylic acids is 1. The van der Waals surface area contributed by atoms with E-state index in [-0.39, 0.29) is 23.6 Å². The molecule has 2 rings (SSSR count). The molecule has 1 fully saturated rings. The second-order valence-corrected chi connectivity index (χ2v) is 4.72. The van der Waals surface area contributed by atoms with Crippen LogP contribution in [0.3, 0.4) is 0 Å². The van der Waals surface area contributed by atoms with Gasteiger partial charge in [-0.25, -0.2) is 4.39 Å². The van der Waals surface area contributed by atoms with Gasteiger partial charge >= 0.3 is 5.97 Å². The SMILES string of the molecule is CCOC(=O)C1CCCN1CCOc1ccccc1F. The van der Waals surface area contributed by atoms with Crippen molar-refractivity contribution < 1.29 is 18.7 Å². The molecule has 1 aromatic carbocycles. The molecular weight excluding hydrogens is 261 g/mol. The maximum absolute atomic E-state index is 13.4. The van der Waals surface area contributed by atoms with Crippen molar-refractivity contribution in [3.63, 3.8) is 0 Å². The number of hydrogen-bond acceptors (Lipinski definition) is 4. The lowest BCUT2D eigenvalue weighted by molar-refractivity contribution is -0.148. The van der Waals surface area contributed by atoms with Crippen molar-refractivity contribution in [2.45, 2.75) is 25.8 Å². The molecule has 1 saturated heterocycles. The van der Waals surface area contributed by atoms with Crippen LogP contribution in [0, 0.1) is 5.82 Å². The number of rotatable bonds is 6. The van der Waals surface area contributed by atoms with Crippen molar-refractivity contribution in [3.8, 4) is 5.75 Å². The van der Waals surface area contributed by atoms with E-state index in [4.69, 9.17) is 9.47 Å². The Kier molecular flexibility index (Phi) is 5.35. The fourth-order valence-electron chi connectivity index (χ4n) is 2.43. The van der Waals surface area contributed by atoms with E-state index in [1.165, 1.54) is 6.07 Å². The van der Waals surface area contributed by atoms with Crippen LogP contribution in [0.2, 0.25) is 0 Å². The lowest BCUT2D eigenvalue weighted by Crippen LogP contribution is -2.39. The highest BCUT2D eigenvalue weighted by Crippen LogP contribution is 2.19. The van der Waals surface area contributed by atoms with Gasteiger partial charge in [0.05, 0.1) is 6.61 Å². The van der Waals surface area contributed by atoms with Crippen LogP contribution in [0.5, 0.6) is 5.75 Å². The third-order valence-corrected chi connectivity index (χ3v) is 3.40. The summed E-state index contributed by atoms with van der Waals surface area (Å²) in [5.74, 6) is -0.286. The van der Waals surface area contributed by atoms with E-state index >= 15 is 0 Å². The number of ether oxygens (including phenoxy) is 2. The Morgan fingerprint density at radius 2 is 2.25 bits per heavy atom. The van der Waals surface area contributed by atoms with E-state index in [9.17, 15) is 9.18 Å². The molecule has 0 aliphatic carbocycles. The smallest absolute Gasteiger partial charge is 0.323 e. The fraction of sp³-hybridized carbons (Fsp3) is 0.533. The summed E-state index contributed by atoms with van der Waals surface area (Å²) in [5.41, 5.74) is 0. The van der Waals surface area contributed by atoms with Crippen LogP contribution in [0.4, 0.5) is 4.39 Å². The number of hydrogen-bond donors (Lipinski definition) is 0. The molecule has 1 heterocycles. The molecule has 0 amide bonds. The molecule has 1 aliphatic rings. The summed E-state index contributed by atoms with van der Waals surface area (Å²) >= 11 is 0. The summed E-state index contributed by atoms with van der Waals surface area (Å²) in [6, 6.07) is 6.14.